The van der Waals surface area contributed by atoms with Crippen molar-refractivity contribution in [3.05, 3.63) is 64.9 Å². The highest BCUT2D eigenvalue weighted by atomic mass is 35.5. The first-order valence-electron chi connectivity index (χ1n) is 6.14. The van der Waals surface area contributed by atoms with Crippen LogP contribution in [0.4, 0.5) is 0 Å². The van der Waals surface area contributed by atoms with Crippen LogP contribution >= 0.6 is 11.6 Å². The molecule has 102 valence electrons. The summed E-state index contributed by atoms with van der Waals surface area (Å²) in [4.78, 5) is 0. The molecular formula is C15H13ClN2O2. The molecule has 1 aromatic carbocycles. The van der Waals surface area contributed by atoms with Gasteiger partial charge in [0.2, 0.25) is 0 Å². The topological polar surface area (TPSA) is 46.8 Å². The third-order valence-corrected chi connectivity index (χ3v) is 3.55. The number of aliphatic hydroxyl groups is 1. The van der Waals surface area contributed by atoms with Crippen LogP contribution in [0.2, 0.25) is 5.02 Å². The molecular weight excluding hydrogens is 276 g/mol. The molecule has 0 aliphatic heterocycles. The van der Waals surface area contributed by atoms with Gasteiger partial charge < -0.3 is 9.84 Å². The van der Waals surface area contributed by atoms with Gasteiger partial charge in [0.25, 0.3) is 0 Å². The molecule has 0 aliphatic rings. The highest BCUT2D eigenvalue weighted by molar-refractivity contribution is 6.32. The van der Waals surface area contributed by atoms with Crippen molar-refractivity contribution in [2.45, 2.75) is 6.10 Å². The highest BCUT2D eigenvalue weighted by Gasteiger charge is 2.17. The lowest BCUT2D eigenvalue weighted by Gasteiger charge is -2.12. The summed E-state index contributed by atoms with van der Waals surface area (Å²) in [6, 6.07) is 10.9. The summed E-state index contributed by atoms with van der Waals surface area (Å²) in [5, 5.41) is 15.3. The first-order valence-corrected chi connectivity index (χ1v) is 6.52. The monoisotopic (exact) mass is 288 g/mol. The van der Waals surface area contributed by atoms with Gasteiger partial charge in [0.1, 0.15) is 11.9 Å². The molecule has 0 amide bonds. The third-order valence-electron chi connectivity index (χ3n) is 3.24. The Morgan fingerprint density at radius 1 is 1.30 bits per heavy atom. The van der Waals surface area contributed by atoms with Gasteiger partial charge in [-0.1, -0.05) is 23.7 Å². The maximum absolute atomic E-state index is 10.5. The number of fused-ring (bicyclic) bond motifs is 1. The van der Waals surface area contributed by atoms with Crippen molar-refractivity contribution in [1.82, 2.24) is 9.61 Å². The Kier molecular flexibility index (Phi) is 3.34. The number of nitrogens with zero attached hydrogens (tertiary/aromatic N) is 2. The van der Waals surface area contributed by atoms with E-state index in [4.69, 9.17) is 16.3 Å². The second-order valence-corrected chi connectivity index (χ2v) is 4.83. The number of aromatic nitrogens is 2. The fourth-order valence-corrected chi connectivity index (χ4v) is 2.39. The van der Waals surface area contributed by atoms with Crippen LogP contribution in [-0.2, 0) is 0 Å². The second kappa shape index (κ2) is 5.15. The van der Waals surface area contributed by atoms with Crippen LogP contribution < -0.4 is 4.74 Å². The Morgan fingerprint density at radius 2 is 2.15 bits per heavy atom. The van der Waals surface area contributed by atoms with E-state index >= 15 is 0 Å². The normalized spacial score (nSPS) is 12.6. The van der Waals surface area contributed by atoms with Crippen LogP contribution in [0, 0.1) is 0 Å². The van der Waals surface area contributed by atoms with Crippen LogP contribution in [-0.4, -0.2) is 21.8 Å². The lowest BCUT2D eigenvalue weighted by Crippen LogP contribution is -2.00. The van der Waals surface area contributed by atoms with Gasteiger partial charge >= 0.3 is 0 Å². The van der Waals surface area contributed by atoms with Crippen molar-refractivity contribution in [3.63, 3.8) is 0 Å². The molecule has 0 bridgehead atoms. The van der Waals surface area contributed by atoms with Crippen LogP contribution in [0.25, 0.3) is 5.52 Å². The zero-order chi connectivity index (χ0) is 14.1. The molecule has 0 saturated heterocycles. The van der Waals surface area contributed by atoms with Crippen LogP contribution in [0.15, 0.2) is 48.8 Å². The molecule has 0 aliphatic carbocycles. The molecule has 5 heteroatoms. The zero-order valence-electron chi connectivity index (χ0n) is 10.8. The zero-order valence-corrected chi connectivity index (χ0v) is 11.6. The molecule has 1 unspecified atom stereocenters. The minimum atomic E-state index is -0.777. The summed E-state index contributed by atoms with van der Waals surface area (Å²) in [5.41, 5.74) is 2.33. The van der Waals surface area contributed by atoms with Gasteiger partial charge in [-0.25, -0.2) is 4.52 Å². The number of rotatable bonds is 3. The Labute approximate surface area is 121 Å². The molecule has 20 heavy (non-hydrogen) atoms. The van der Waals surface area contributed by atoms with Crippen LogP contribution in [0.1, 0.15) is 17.2 Å². The molecule has 0 spiro atoms. The number of hydrogen-bond donors (Lipinski definition) is 1. The fraction of sp³-hybridized carbons (Fsp3) is 0.133. The van der Waals surface area contributed by atoms with Gasteiger partial charge in [-0.2, -0.15) is 5.10 Å². The number of halogens is 1. The van der Waals surface area contributed by atoms with Crippen molar-refractivity contribution in [1.29, 1.82) is 0 Å². The predicted molar refractivity (Wildman–Crippen MR) is 77.3 cm³/mol. The van der Waals surface area contributed by atoms with Gasteiger partial charge in [0.15, 0.2) is 0 Å². The van der Waals surface area contributed by atoms with Gasteiger partial charge in [0.05, 0.1) is 23.8 Å². The van der Waals surface area contributed by atoms with E-state index in [2.05, 4.69) is 5.10 Å². The number of methoxy groups -OCH3 is 1. The first-order chi connectivity index (χ1) is 9.70. The van der Waals surface area contributed by atoms with E-state index in [9.17, 15) is 5.11 Å². The summed E-state index contributed by atoms with van der Waals surface area (Å²) in [5.74, 6) is 0.541. The SMILES string of the molecule is COc1cc(C(O)c2cnn3ccccc23)ccc1Cl. The van der Waals surface area contributed by atoms with Gasteiger partial charge in [-0.3, -0.25) is 0 Å². The molecule has 2 aromatic heterocycles. The summed E-state index contributed by atoms with van der Waals surface area (Å²) < 4.78 is 6.90. The molecule has 0 fully saturated rings. The fourth-order valence-electron chi connectivity index (χ4n) is 2.19. The molecule has 2 heterocycles. The van der Waals surface area contributed by atoms with Crippen LogP contribution in [0.5, 0.6) is 5.75 Å². The molecule has 1 atom stereocenters. The summed E-state index contributed by atoms with van der Waals surface area (Å²) in [7, 11) is 1.55. The lowest BCUT2D eigenvalue weighted by atomic mass is 10.0. The minimum Gasteiger partial charge on any atom is -0.495 e. The lowest BCUT2D eigenvalue weighted by molar-refractivity contribution is 0.221. The number of ether oxygens (including phenoxy) is 1. The van der Waals surface area contributed by atoms with E-state index < -0.39 is 6.10 Å². The van der Waals surface area contributed by atoms with Gasteiger partial charge in [-0.05, 0) is 29.8 Å². The number of hydrogen-bond acceptors (Lipinski definition) is 3. The molecule has 3 rings (SSSR count). The Balaban J connectivity index is 2.06. The molecule has 0 saturated carbocycles. The van der Waals surface area contributed by atoms with Crippen molar-refractivity contribution in [3.8, 4) is 5.75 Å². The van der Waals surface area contributed by atoms with Crippen molar-refractivity contribution < 1.29 is 9.84 Å². The predicted octanol–water partition coefficient (Wildman–Crippen LogP) is 3.08. The first kappa shape index (κ1) is 13.0. The van der Waals surface area contributed by atoms with E-state index in [0.717, 1.165) is 11.1 Å². The van der Waals surface area contributed by atoms with E-state index in [1.165, 1.54) is 0 Å². The number of pyridine rings is 1. The highest BCUT2D eigenvalue weighted by Crippen LogP contribution is 2.31. The maximum atomic E-state index is 10.5. The molecule has 4 nitrogen and oxygen atoms in total. The Bertz CT molecular complexity index is 754. The van der Waals surface area contributed by atoms with E-state index in [1.54, 1.807) is 36.0 Å². The van der Waals surface area contributed by atoms with Gasteiger partial charge in [0, 0.05) is 11.8 Å². The van der Waals surface area contributed by atoms with Crippen LogP contribution in [0.3, 0.4) is 0 Å². The average molecular weight is 289 g/mol. The summed E-state index contributed by atoms with van der Waals surface area (Å²) >= 11 is 6.00. The number of benzene rings is 1. The smallest absolute Gasteiger partial charge is 0.137 e. The second-order valence-electron chi connectivity index (χ2n) is 4.43. The Hall–Kier alpha value is -2.04. The summed E-state index contributed by atoms with van der Waals surface area (Å²) in [6.45, 7) is 0. The van der Waals surface area contributed by atoms with Gasteiger partial charge in [-0.15, -0.1) is 0 Å². The standard InChI is InChI=1S/C15H13ClN2O2/c1-20-14-8-10(5-6-12(14)16)15(19)11-9-17-18-7-3-2-4-13(11)18/h2-9,15,19H,1H3. The van der Waals surface area contributed by atoms with E-state index in [1.807, 2.05) is 24.4 Å². The maximum Gasteiger partial charge on any atom is 0.137 e. The molecule has 0 radical (unpaired) electrons. The van der Waals surface area contributed by atoms with E-state index in [-0.39, 0.29) is 0 Å². The molecule has 3 aromatic rings. The van der Waals surface area contributed by atoms with E-state index in [0.29, 0.717) is 16.3 Å². The quantitative estimate of drug-likeness (QED) is 0.806. The minimum absolute atomic E-state index is 0.517. The van der Waals surface area contributed by atoms with Crippen molar-refractivity contribution in [2.75, 3.05) is 7.11 Å². The van der Waals surface area contributed by atoms with Crippen molar-refractivity contribution in [2.24, 2.45) is 0 Å². The largest absolute Gasteiger partial charge is 0.495 e. The van der Waals surface area contributed by atoms with Crippen molar-refractivity contribution >= 4 is 17.1 Å². The number of aliphatic hydroxyl groups excluding tert-OH is 1. The molecule has 1 N–H and O–H groups in total. The summed E-state index contributed by atoms with van der Waals surface area (Å²) in [6.07, 6.45) is 2.73. The third kappa shape index (κ3) is 2.13. The Morgan fingerprint density at radius 3 is 2.95 bits per heavy atom. The average Bonchev–Trinajstić information content (AvgIpc) is 2.91.